The van der Waals surface area contributed by atoms with Gasteiger partial charge in [0.2, 0.25) is 0 Å². The number of thioether (sulfide) groups is 1. The largest absolute Gasteiger partial charge is 0.354 e. The number of pyridine rings is 2. The second-order valence-electron chi connectivity index (χ2n) is 6.90. The van der Waals surface area contributed by atoms with Gasteiger partial charge in [0.25, 0.3) is 5.91 Å². The summed E-state index contributed by atoms with van der Waals surface area (Å²) in [6.07, 6.45) is 1.77. The Bertz CT molecular complexity index is 1010. The van der Waals surface area contributed by atoms with Gasteiger partial charge in [0.15, 0.2) is 0 Å². The van der Waals surface area contributed by atoms with Crippen LogP contribution in [-0.4, -0.2) is 28.7 Å². The van der Waals surface area contributed by atoms with Gasteiger partial charge in [-0.3, -0.25) is 9.78 Å². The van der Waals surface area contributed by atoms with E-state index >= 15 is 0 Å². The number of amides is 1. The summed E-state index contributed by atoms with van der Waals surface area (Å²) in [5.41, 5.74) is 3.07. The first-order chi connectivity index (χ1) is 14.5. The molecule has 0 spiro atoms. The molecule has 1 aromatic carbocycles. The van der Waals surface area contributed by atoms with Crippen LogP contribution in [0.3, 0.4) is 0 Å². The van der Waals surface area contributed by atoms with Gasteiger partial charge in [0.05, 0.1) is 17.8 Å². The minimum absolute atomic E-state index is 0.209. The molecule has 3 rings (SSSR count). The summed E-state index contributed by atoms with van der Waals surface area (Å²) < 4.78 is 13.4. The van der Waals surface area contributed by atoms with Crippen LogP contribution >= 0.6 is 11.8 Å². The Morgan fingerprint density at radius 2 is 2.03 bits per heavy atom. The Hall–Kier alpha value is -2.93. The maximum Gasteiger partial charge on any atom is 0.254 e. The smallest absolute Gasteiger partial charge is 0.254 e. The van der Waals surface area contributed by atoms with Crippen molar-refractivity contribution in [2.75, 3.05) is 17.7 Å². The fourth-order valence-electron chi connectivity index (χ4n) is 3.07. The van der Waals surface area contributed by atoms with Gasteiger partial charge in [-0.1, -0.05) is 25.1 Å². The standard InChI is InChI=1S/C23H25FN4OS/c1-4-30-23-21(22(29)26-14-17-8-7-9-18(24)13-17)16(2)12-20(27-23)28(3)15-19-10-5-6-11-25-19/h5-13H,4,14-15H2,1-3H3,(H,26,29). The molecule has 3 aromatic rings. The van der Waals surface area contributed by atoms with Crippen LogP contribution in [0.25, 0.3) is 0 Å². The van der Waals surface area contributed by atoms with Crippen molar-refractivity contribution >= 4 is 23.5 Å². The maximum absolute atomic E-state index is 13.4. The van der Waals surface area contributed by atoms with Gasteiger partial charge in [-0.25, -0.2) is 9.37 Å². The monoisotopic (exact) mass is 424 g/mol. The lowest BCUT2D eigenvalue weighted by atomic mass is 10.1. The highest BCUT2D eigenvalue weighted by Gasteiger charge is 2.19. The molecule has 1 amide bonds. The number of benzene rings is 1. The molecule has 0 atom stereocenters. The van der Waals surface area contributed by atoms with Gasteiger partial charge in [-0.2, -0.15) is 0 Å². The lowest BCUT2D eigenvalue weighted by Gasteiger charge is -2.21. The molecule has 2 heterocycles. The van der Waals surface area contributed by atoms with Crippen molar-refractivity contribution in [2.24, 2.45) is 0 Å². The number of nitrogens with zero attached hydrogens (tertiary/aromatic N) is 3. The minimum Gasteiger partial charge on any atom is -0.354 e. The molecule has 0 aliphatic carbocycles. The van der Waals surface area contributed by atoms with Crippen LogP contribution < -0.4 is 10.2 Å². The molecule has 0 fully saturated rings. The van der Waals surface area contributed by atoms with Crippen LogP contribution in [0.15, 0.2) is 59.8 Å². The van der Waals surface area contributed by atoms with Crippen molar-refractivity contribution in [3.63, 3.8) is 0 Å². The molecule has 0 unspecified atom stereocenters. The zero-order valence-electron chi connectivity index (χ0n) is 17.4. The number of carbonyl (C=O) groups excluding carboxylic acids is 1. The molecule has 5 nitrogen and oxygen atoms in total. The Morgan fingerprint density at radius 1 is 1.20 bits per heavy atom. The highest BCUT2D eigenvalue weighted by molar-refractivity contribution is 7.99. The molecule has 156 valence electrons. The number of rotatable bonds is 8. The highest BCUT2D eigenvalue weighted by atomic mass is 32.2. The fraction of sp³-hybridized carbons (Fsp3) is 0.261. The molecule has 0 aliphatic rings. The van der Waals surface area contributed by atoms with Crippen LogP contribution in [0.1, 0.15) is 34.1 Å². The lowest BCUT2D eigenvalue weighted by Crippen LogP contribution is -2.26. The molecule has 0 bridgehead atoms. The van der Waals surface area contributed by atoms with Crippen LogP contribution in [0.2, 0.25) is 0 Å². The second-order valence-corrected chi connectivity index (χ2v) is 8.15. The SMILES string of the molecule is CCSc1nc(N(C)Cc2ccccn2)cc(C)c1C(=O)NCc1cccc(F)c1. The summed E-state index contributed by atoms with van der Waals surface area (Å²) in [7, 11) is 1.96. The number of aromatic nitrogens is 2. The molecule has 0 radical (unpaired) electrons. The Kier molecular flexibility index (Phi) is 7.41. The first-order valence-corrected chi connectivity index (χ1v) is 10.7. The summed E-state index contributed by atoms with van der Waals surface area (Å²) in [5.74, 6) is 1.06. The van der Waals surface area contributed by atoms with E-state index < -0.39 is 0 Å². The third-order valence-electron chi connectivity index (χ3n) is 4.54. The van der Waals surface area contributed by atoms with E-state index in [0.717, 1.165) is 22.8 Å². The highest BCUT2D eigenvalue weighted by Crippen LogP contribution is 2.27. The van der Waals surface area contributed by atoms with Gasteiger partial charge >= 0.3 is 0 Å². The summed E-state index contributed by atoms with van der Waals surface area (Å²) in [6.45, 7) is 4.82. The first-order valence-electron chi connectivity index (χ1n) is 9.76. The van der Waals surface area contributed by atoms with Crippen molar-refractivity contribution < 1.29 is 9.18 Å². The quantitative estimate of drug-likeness (QED) is 0.536. The van der Waals surface area contributed by atoms with Crippen molar-refractivity contribution in [3.8, 4) is 0 Å². The predicted octanol–water partition coefficient (Wildman–Crippen LogP) is 4.60. The van der Waals surface area contributed by atoms with Gasteiger partial charge in [-0.05, 0) is 54.1 Å². The topological polar surface area (TPSA) is 58.1 Å². The molecule has 2 aromatic heterocycles. The summed E-state index contributed by atoms with van der Waals surface area (Å²) in [6, 6.07) is 14.0. The van der Waals surface area contributed by atoms with E-state index in [1.54, 1.807) is 18.3 Å². The summed E-state index contributed by atoms with van der Waals surface area (Å²) in [4.78, 5) is 24.0. The van der Waals surface area contributed by atoms with Gasteiger partial charge in [-0.15, -0.1) is 11.8 Å². The molecular formula is C23H25FN4OS. The number of aryl methyl sites for hydroxylation is 1. The zero-order valence-corrected chi connectivity index (χ0v) is 18.2. The number of nitrogens with one attached hydrogen (secondary N) is 1. The average molecular weight is 425 g/mol. The first kappa shape index (κ1) is 21.8. The normalized spacial score (nSPS) is 10.7. The number of anilines is 1. The molecular weight excluding hydrogens is 399 g/mol. The van der Waals surface area contributed by atoms with Crippen LogP contribution in [-0.2, 0) is 13.1 Å². The average Bonchev–Trinajstić information content (AvgIpc) is 2.73. The van der Waals surface area contributed by atoms with Gasteiger partial charge < -0.3 is 10.2 Å². The van der Waals surface area contributed by atoms with E-state index in [4.69, 9.17) is 4.98 Å². The fourth-order valence-corrected chi connectivity index (χ4v) is 3.90. The molecule has 30 heavy (non-hydrogen) atoms. The number of hydrogen-bond donors (Lipinski definition) is 1. The second kappa shape index (κ2) is 10.2. The zero-order chi connectivity index (χ0) is 21.5. The number of hydrogen-bond acceptors (Lipinski definition) is 5. The molecule has 0 aliphatic heterocycles. The van der Waals surface area contributed by atoms with E-state index in [1.165, 1.54) is 23.9 Å². The third-order valence-corrected chi connectivity index (χ3v) is 5.39. The maximum atomic E-state index is 13.4. The predicted molar refractivity (Wildman–Crippen MR) is 119 cm³/mol. The van der Waals surface area contributed by atoms with Gasteiger partial charge in [0, 0.05) is 19.8 Å². The van der Waals surface area contributed by atoms with E-state index in [9.17, 15) is 9.18 Å². The Morgan fingerprint density at radius 3 is 2.73 bits per heavy atom. The summed E-state index contributed by atoms with van der Waals surface area (Å²) in [5, 5.41) is 3.58. The number of carbonyl (C=O) groups is 1. The van der Waals surface area contributed by atoms with Crippen molar-refractivity contribution in [3.05, 3.63) is 82.9 Å². The van der Waals surface area contributed by atoms with Crippen molar-refractivity contribution in [1.29, 1.82) is 0 Å². The molecule has 0 saturated carbocycles. The lowest BCUT2D eigenvalue weighted by molar-refractivity contribution is 0.0946. The van der Waals surface area contributed by atoms with Crippen LogP contribution in [0, 0.1) is 12.7 Å². The Labute approximate surface area is 180 Å². The van der Waals surface area contributed by atoms with E-state index in [0.29, 0.717) is 22.7 Å². The molecule has 0 saturated heterocycles. The molecule has 1 N–H and O–H groups in total. The Balaban J connectivity index is 1.80. The van der Waals surface area contributed by atoms with Crippen LogP contribution in [0.4, 0.5) is 10.2 Å². The van der Waals surface area contributed by atoms with Crippen LogP contribution in [0.5, 0.6) is 0 Å². The molecule has 7 heteroatoms. The minimum atomic E-state index is -0.317. The van der Waals surface area contributed by atoms with E-state index in [-0.39, 0.29) is 18.3 Å². The van der Waals surface area contributed by atoms with Crippen molar-refractivity contribution in [2.45, 2.75) is 32.0 Å². The van der Waals surface area contributed by atoms with E-state index in [1.807, 2.05) is 50.1 Å². The third kappa shape index (κ3) is 5.57. The number of halogens is 1. The summed E-state index contributed by atoms with van der Waals surface area (Å²) >= 11 is 1.53. The van der Waals surface area contributed by atoms with E-state index in [2.05, 4.69) is 10.3 Å². The van der Waals surface area contributed by atoms with Gasteiger partial charge in [0.1, 0.15) is 16.7 Å². The van der Waals surface area contributed by atoms with Crippen molar-refractivity contribution in [1.82, 2.24) is 15.3 Å².